The molecule has 140 valence electrons. The lowest BCUT2D eigenvalue weighted by molar-refractivity contribution is 0.301. The van der Waals surface area contributed by atoms with E-state index in [1.54, 1.807) is 11.3 Å². The normalized spacial score (nSPS) is 11.6. The smallest absolute Gasteiger partial charge is 0.230 e. The Kier molecular flexibility index (Phi) is 4.80. The van der Waals surface area contributed by atoms with Crippen LogP contribution in [0, 0.1) is 13.8 Å². The Labute approximate surface area is 162 Å². The van der Waals surface area contributed by atoms with E-state index in [0.717, 1.165) is 34.2 Å². The molecule has 4 aromatic rings. The van der Waals surface area contributed by atoms with Gasteiger partial charge in [-0.2, -0.15) is 4.52 Å². The highest BCUT2D eigenvalue weighted by atomic mass is 32.1. The second-order valence-electron chi connectivity index (χ2n) is 6.60. The van der Waals surface area contributed by atoms with E-state index in [1.807, 2.05) is 27.6 Å². The molecule has 3 aromatic heterocycles. The van der Waals surface area contributed by atoms with Crippen LogP contribution in [0.15, 0.2) is 30.3 Å². The number of hydrogen-bond donors (Lipinski definition) is 1. The first-order valence-electron chi connectivity index (χ1n) is 9.17. The number of benzene rings is 1. The third kappa shape index (κ3) is 3.17. The summed E-state index contributed by atoms with van der Waals surface area (Å²) in [6.07, 6.45) is 0.678. The van der Waals surface area contributed by atoms with E-state index in [2.05, 4.69) is 32.9 Å². The van der Waals surface area contributed by atoms with Gasteiger partial charge in [-0.3, -0.25) is 0 Å². The van der Waals surface area contributed by atoms with E-state index in [4.69, 9.17) is 15.1 Å². The van der Waals surface area contributed by atoms with E-state index in [9.17, 15) is 5.11 Å². The zero-order chi connectivity index (χ0) is 19.0. The molecule has 0 unspecified atom stereocenters. The molecule has 0 saturated heterocycles. The van der Waals surface area contributed by atoms with Gasteiger partial charge in [-0.15, -0.1) is 16.4 Å². The van der Waals surface area contributed by atoms with Crippen LogP contribution in [0.5, 0.6) is 0 Å². The lowest BCUT2D eigenvalue weighted by Gasteiger charge is -2.20. The van der Waals surface area contributed by atoms with Crippen molar-refractivity contribution in [2.45, 2.75) is 27.2 Å². The van der Waals surface area contributed by atoms with Crippen LogP contribution in [0.1, 0.15) is 28.8 Å². The van der Waals surface area contributed by atoms with Gasteiger partial charge in [0.05, 0.1) is 12.0 Å². The highest BCUT2D eigenvalue weighted by Crippen LogP contribution is 2.33. The largest absolute Gasteiger partial charge is 0.395 e. The maximum absolute atomic E-state index is 9.45. The Hall–Kier alpha value is -2.51. The van der Waals surface area contributed by atoms with Crippen molar-refractivity contribution in [2.24, 2.45) is 0 Å². The van der Waals surface area contributed by atoms with Crippen LogP contribution >= 0.6 is 11.3 Å². The Morgan fingerprint density at radius 1 is 1.15 bits per heavy atom. The van der Waals surface area contributed by atoms with E-state index in [0.29, 0.717) is 13.0 Å². The Morgan fingerprint density at radius 2 is 1.93 bits per heavy atom. The van der Waals surface area contributed by atoms with Crippen LogP contribution in [-0.4, -0.2) is 44.4 Å². The van der Waals surface area contributed by atoms with Crippen molar-refractivity contribution in [3.05, 3.63) is 52.2 Å². The topological polar surface area (TPSA) is 66.5 Å². The predicted molar refractivity (Wildman–Crippen MR) is 110 cm³/mol. The van der Waals surface area contributed by atoms with Crippen molar-refractivity contribution in [1.29, 1.82) is 0 Å². The molecule has 0 amide bonds. The predicted octanol–water partition coefficient (Wildman–Crippen LogP) is 3.37. The molecule has 1 N–H and O–H groups in total. The summed E-state index contributed by atoms with van der Waals surface area (Å²) in [6, 6.07) is 10.2. The van der Waals surface area contributed by atoms with Gasteiger partial charge in [-0.05, 0) is 31.9 Å². The number of rotatable bonds is 6. The molecule has 7 heteroatoms. The lowest BCUT2D eigenvalue weighted by atomic mass is 10.1. The molecule has 6 nitrogen and oxygen atoms in total. The van der Waals surface area contributed by atoms with Gasteiger partial charge in [0.15, 0.2) is 11.5 Å². The first kappa shape index (κ1) is 17.9. The standard InChI is InChI=1S/C20H23N5OS/c1-4-24(10-11-26)20-22-19-17(13(2)14(3)27-19)18-21-16(23-25(18)20)12-15-8-6-5-7-9-15/h5-9,26H,4,10-12H2,1-3H3. The lowest BCUT2D eigenvalue weighted by Crippen LogP contribution is -2.29. The van der Waals surface area contributed by atoms with Gasteiger partial charge >= 0.3 is 0 Å². The SMILES string of the molecule is CCN(CCO)c1nc2sc(C)c(C)c2c2nc(Cc3ccccc3)nn12. The van der Waals surface area contributed by atoms with Gasteiger partial charge < -0.3 is 10.0 Å². The molecule has 0 aliphatic heterocycles. The van der Waals surface area contributed by atoms with Crippen LogP contribution in [0.3, 0.4) is 0 Å². The summed E-state index contributed by atoms with van der Waals surface area (Å²) in [6.45, 7) is 7.62. The second-order valence-corrected chi connectivity index (χ2v) is 7.81. The van der Waals surface area contributed by atoms with Crippen molar-refractivity contribution in [3.63, 3.8) is 0 Å². The zero-order valence-corrected chi connectivity index (χ0v) is 16.6. The van der Waals surface area contributed by atoms with Gasteiger partial charge in [0, 0.05) is 24.4 Å². The zero-order valence-electron chi connectivity index (χ0n) is 15.8. The van der Waals surface area contributed by atoms with Gasteiger partial charge in [0.2, 0.25) is 5.95 Å². The summed E-state index contributed by atoms with van der Waals surface area (Å²) in [5.74, 6) is 1.52. The fraction of sp³-hybridized carbons (Fsp3) is 0.350. The first-order valence-corrected chi connectivity index (χ1v) is 9.99. The highest BCUT2D eigenvalue weighted by molar-refractivity contribution is 7.18. The molecule has 0 atom stereocenters. The minimum atomic E-state index is 0.0725. The number of nitrogens with zero attached hydrogens (tertiary/aromatic N) is 5. The summed E-state index contributed by atoms with van der Waals surface area (Å²) >= 11 is 1.69. The summed E-state index contributed by atoms with van der Waals surface area (Å²) in [4.78, 5) is 14.0. The quantitative estimate of drug-likeness (QED) is 0.555. The number of likely N-dealkylation sites (N-methyl/N-ethyl adjacent to an activating group) is 1. The van der Waals surface area contributed by atoms with Crippen LogP contribution < -0.4 is 4.90 Å². The van der Waals surface area contributed by atoms with Crippen molar-refractivity contribution in [1.82, 2.24) is 19.6 Å². The molecule has 0 bridgehead atoms. The fourth-order valence-corrected chi connectivity index (χ4v) is 4.34. The van der Waals surface area contributed by atoms with Crippen LogP contribution in [0.2, 0.25) is 0 Å². The molecule has 1 aromatic carbocycles. The van der Waals surface area contributed by atoms with Crippen LogP contribution in [0.4, 0.5) is 5.95 Å². The number of aliphatic hydroxyl groups excluding tert-OH is 1. The number of aromatic nitrogens is 4. The summed E-state index contributed by atoms with van der Waals surface area (Å²) in [5.41, 5.74) is 3.24. The van der Waals surface area contributed by atoms with Crippen molar-refractivity contribution >= 4 is 33.1 Å². The highest BCUT2D eigenvalue weighted by Gasteiger charge is 2.20. The molecule has 0 saturated carbocycles. The molecule has 4 rings (SSSR count). The first-order chi connectivity index (χ1) is 13.1. The minimum absolute atomic E-state index is 0.0725. The molecular weight excluding hydrogens is 358 g/mol. The molecule has 0 aliphatic carbocycles. The van der Waals surface area contributed by atoms with Gasteiger partial charge in [-0.25, -0.2) is 9.97 Å². The van der Waals surface area contributed by atoms with Crippen molar-refractivity contribution in [3.8, 4) is 0 Å². The van der Waals surface area contributed by atoms with Crippen molar-refractivity contribution in [2.75, 3.05) is 24.6 Å². The number of aryl methyl sites for hydroxylation is 2. The molecule has 27 heavy (non-hydrogen) atoms. The molecule has 0 fully saturated rings. The fourth-order valence-electron chi connectivity index (χ4n) is 3.32. The third-order valence-electron chi connectivity index (χ3n) is 4.87. The Morgan fingerprint density at radius 3 is 2.63 bits per heavy atom. The van der Waals surface area contributed by atoms with E-state index >= 15 is 0 Å². The maximum atomic E-state index is 9.45. The maximum Gasteiger partial charge on any atom is 0.230 e. The summed E-state index contributed by atoms with van der Waals surface area (Å²) in [5, 5.41) is 15.3. The Bertz CT molecular complexity index is 1090. The van der Waals surface area contributed by atoms with Gasteiger partial charge in [-0.1, -0.05) is 30.3 Å². The second kappa shape index (κ2) is 7.25. The van der Waals surface area contributed by atoms with Gasteiger partial charge in [0.25, 0.3) is 0 Å². The van der Waals surface area contributed by atoms with Gasteiger partial charge in [0.1, 0.15) is 4.83 Å². The molecule has 0 aliphatic rings. The minimum Gasteiger partial charge on any atom is -0.395 e. The number of hydrogen-bond acceptors (Lipinski definition) is 6. The molecule has 0 radical (unpaired) electrons. The third-order valence-corrected chi connectivity index (χ3v) is 5.97. The average Bonchev–Trinajstić information content (AvgIpc) is 3.20. The Balaban J connectivity index is 1.93. The molecular formula is C20H23N5OS. The monoisotopic (exact) mass is 381 g/mol. The molecule has 3 heterocycles. The van der Waals surface area contributed by atoms with Crippen molar-refractivity contribution < 1.29 is 5.11 Å². The number of anilines is 1. The van der Waals surface area contributed by atoms with Crippen LogP contribution in [-0.2, 0) is 6.42 Å². The van der Waals surface area contributed by atoms with Crippen LogP contribution in [0.25, 0.3) is 15.9 Å². The number of fused-ring (bicyclic) bond motifs is 3. The number of aliphatic hydroxyl groups is 1. The molecule has 0 spiro atoms. The van der Waals surface area contributed by atoms with E-state index in [1.165, 1.54) is 16.0 Å². The number of thiophene rings is 1. The summed E-state index contributed by atoms with van der Waals surface area (Å²) in [7, 11) is 0. The summed E-state index contributed by atoms with van der Waals surface area (Å²) < 4.78 is 1.85. The van der Waals surface area contributed by atoms with E-state index < -0.39 is 0 Å². The van der Waals surface area contributed by atoms with E-state index in [-0.39, 0.29) is 6.61 Å². The average molecular weight is 382 g/mol.